The number of carbonyl (C=O) groups excluding carboxylic acids is 1. The molecule has 2 unspecified atom stereocenters. The largest absolute Gasteiger partial charge is 0.326 e. The molecular formula is C23H22Cl2N4O. The smallest absolute Gasteiger partial charge is 0.228 e. The number of aromatic nitrogens is 3. The van der Waals surface area contributed by atoms with Crippen LogP contribution in [0.3, 0.4) is 0 Å². The lowest BCUT2D eigenvalue weighted by atomic mass is 10.1. The van der Waals surface area contributed by atoms with Crippen molar-refractivity contribution in [3.8, 4) is 11.4 Å². The second-order valence-corrected chi connectivity index (χ2v) is 8.87. The van der Waals surface area contributed by atoms with Crippen molar-refractivity contribution in [3.05, 3.63) is 63.9 Å². The standard InChI is InChI=1S/C23H22Cl2N4O/c24-19-7-4-3-6-15(19)16-13-17(16)23(30)26-14-9-10-20(25)18(12-14)22-28-27-21-8-2-1-5-11-29(21)22/h3-4,6-7,9-10,12,16-17H,1-2,5,8,11,13H2,(H,26,30). The number of hydrogen-bond acceptors (Lipinski definition) is 3. The maximum Gasteiger partial charge on any atom is 0.228 e. The molecule has 1 N–H and O–H groups in total. The van der Waals surface area contributed by atoms with Crippen LogP contribution in [0.4, 0.5) is 5.69 Å². The number of aryl methyl sites for hydroxylation is 1. The Balaban J connectivity index is 1.36. The first kappa shape index (κ1) is 19.6. The number of carbonyl (C=O) groups is 1. The van der Waals surface area contributed by atoms with Crippen LogP contribution in [0.2, 0.25) is 10.0 Å². The molecule has 0 spiro atoms. The van der Waals surface area contributed by atoms with Crippen molar-refractivity contribution in [2.75, 3.05) is 5.32 Å². The van der Waals surface area contributed by atoms with Crippen LogP contribution in [-0.2, 0) is 17.8 Å². The van der Waals surface area contributed by atoms with Gasteiger partial charge in [-0.2, -0.15) is 0 Å². The Morgan fingerprint density at radius 3 is 2.77 bits per heavy atom. The van der Waals surface area contributed by atoms with Crippen molar-refractivity contribution in [2.45, 2.75) is 44.6 Å². The van der Waals surface area contributed by atoms with E-state index in [1.807, 2.05) is 42.5 Å². The average molecular weight is 441 g/mol. The van der Waals surface area contributed by atoms with Crippen LogP contribution in [0, 0.1) is 5.92 Å². The Labute approximate surface area is 185 Å². The summed E-state index contributed by atoms with van der Waals surface area (Å²) in [6.07, 6.45) is 5.19. The van der Waals surface area contributed by atoms with Crippen LogP contribution < -0.4 is 5.32 Å². The Morgan fingerprint density at radius 2 is 1.90 bits per heavy atom. The van der Waals surface area contributed by atoms with Gasteiger partial charge in [-0.05, 0) is 55.0 Å². The van der Waals surface area contributed by atoms with Crippen LogP contribution >= 0.6 is 23.2 Å². The average Bonchev–Trinajstić information content (AvgIpc) is 3.49. The molecule has 2 aromatic carbocycles. The summed E-state index contributed by atoms with van der Waals surface area (Å²) in [5.41, 5.74) is 2.56. The zero-order valence-electron chi connectivity index (χ0n) is 16.4. The van der Waals surface area contributed by atoms with E-state index < -0.39 is 0 Å². The normalized spacial score (nSPS) is 20.3. The van der Waals surface area contributed by atoms with E-state index in [0.717, 1.165) is 65.7 Å². The second-order valence-electron chi connectivity index (χ2n) is 8.06. The molecule has 0 bridgehead atoms. The molecule has 2 atom stereocenters. The molecule has 0 saturated heterocycles. The SMILES string of the molecule is O=C(Nc1ccc(Cl)c(-c2nnc3n2CCCCC3)c1)C1CC1c1ccccc1Cl. The fourth-order valence-electron chi connectivity index (χ4n) is 4.30. The van der Waals surface area contributed by atoms with E-state index in [0.29, 0.717) is 5.02 Å². The zero-order valence-corrected chi connectivity index (χ0v) is 18.0. The Kier molecular flexibility index (Phi) is 5.25. The maximum absolute atomic E-state index is 12.8. The molecule has 5 rings (SSSR count). The van der Waals surface area contributed by atoms with Gasteiger partial charge in [0.1, 0.15) is 5.82 Å². The number of benzene rings is 2. The maximum atomic E-state index is 12.8. The van der Waals surface area contributed by atoms with Crippen molar-refractivity contribution in [3.63, 3.8) is 0 Å². The molecule has 2 heterocycles. The van der Waals surface area contributed by atoms with Crippen molar-refractivity contribution in [1.29, 1.82) is 0 Å². The molecular weight excluding hydrogens is 419 g/mol. The van der Waals surface area contributed by atoms with Crippen molar-refractivity contribution >= 4 is 34.8 Å². The van der Waals surface area contributed by atoms with Crippen LogP contribution in [0.5, 0.6) is 0 Å². The fourth-order valence-corrected chi connectivity index (χ4v) is 4.78. The fraction of sp³-hybridized carbons (Fsp3) is 0.348. The minimum Gasteiger partial charge on any atom is -0.326 e. The number of halogens is 2. The first-order valence-electron chi connectivity index (χ1n) is 10.4. The van der Waals surface area contributed by atoms with Gasteiger partial charge in [0.15, 0.2) is 5.82 Å². The first-order chi connectivity index (χ1) is 14.6. The van der Waals surface area contributed by atoms with Gasteiger partial charge in [0, 0.05) is 35.2 Å². The quantitative estimate of drug-likeness (QED) is 0.563. The highest BCUT2D eigenvalue weighted by Gasteiger charge is 2.44. The highest BCUT2D eigenvalue weighted by molar-refractivity contribution is 6.33. The Hall–Kier alpha value is -2.37. The highest BCUT2D eigenvalue weighted by atomic mass is 35.5. The third-order valence-corrected chi connectivity index (χ3v) is 6.69. The van der Waals surface area contributed by atoms with E-state index in [-0.39, 0.29) is 17.7 Å². The van der Waals surface area contributed by atoms with Gasteiger partial charge in [-0.25, -0.2) is 0 Å². The molecule has 1 aromatic heterocycles. The molecule has 1 aliphatic heterocycles. The molecule has 1 fully saturated rings. The van der Waals surface area contributed by atoms with Gasteiger partial charge in [-0.3, -0.25) is 4.79 Å². The topological polar surface area (TPSA) is 59.8 Å². The molecule has 1 amide bonds. The number of anilines is 1. The van der Waals surface area contributed by atoms with Gasteiger partial charge in [-0.1, -0.05) is 47.8 Å². The number of amides is 1. The Bertz CT molecular complexity index is 1110. The number of fused-ring (bicyclic) bond motifs is 1. The summed E-state index contributed by atoms with van der Waals surface area (Å²) in [5.74, 6) is 1.90. The first-order valence-corrected chi connectivity index (χ1v) is 11.1. The third-order valence-electron chi connectivity index (χ3n) is 6.02. The number of nitrogens with zero attached hydrogens (tertiary/aromatic N) is 3. The molecule has 3 aromatic rings. The number of rotatable bonds is 4. The van der Waals surface area contributed by atoms with Crippen molar-refractivity contribution < 1.29 is 4.79 Å². The van der Waals surface area contributed by atoms with E-state index in [1.165, 1.54) is 6.42 Å². The molecule has 1 aliphatic carbocycles. The van der Waals surface area contributed by atoms with E-state index >= 15 is 0 Å². The van der Waals surface area contributed by atoms with Gasteiger partial charge in [0.2, 0.25) is 5.91 Å². The van der Waals surface area contributed by atoms with Crippen molar-refractivity contribution in [2.24, 2.45) is 5.92 Å². The third kappa shape index (κ3) is 3.72. The van der Waals surface area contributed by atoms with E-state index in [4.69, 9.17) is 23.2 Å². The molecule has 7 heteroatoms. The molecule has 1 saturated carbocycles. The number of hydrogen-bond donors (Lipinski definition) is 1. The van der Waals surface area contributed by atoms with Gasteiger partial charge >= 0.3 is 0 Å². The summed E-state index contributed by atoms with van der Waals surface area (Å²) >= 11 is 12.8. The summed E-state index contributed by atoms with van der Waals surface area (Å²) < 4.78 is 2.16. The molecule has 30 heavy (non-hydrogen) atoms. The summed E-state index contributed by atoms with van der Waals surface area (Å²) in [6.45, 7) is 0.895. The zero-order chi connectivity index (χ0) is 20.7. The van der Waals surface area contributed by atoms with Gasteiger partial charge in [0.25, 0.3) is 0 Å². The van der Waals surface area contributed by atoms with Crippen molar-refractivity contribution in [1.82, 2.24) is 14.8 Å². The predicted octanol–water partition coefficient (Wildman–Crippen LogP) is 5.72. The summed E-state index contributed by atoms with van der Waals surface area (Å²) in [4.78, 5) is 12.8. The summed E-state index contributed by atoms with van der Waals surface area (Å²) in [6, 6.07) is 13.3. The minimum atomic E-state index is -0.0617. The number of nitrogens with one attached hydrogen (secondary N) is 1. The molecule has 154 valence electrons. The van der Waals surface area contributed by atoms with Crippen LogP contribution in [0.1, 0.15) is 43.0 Å². The van der Waals surface area contributed by atoms with Crippen LogP contribution in [-0.4, -0.2) is 20.7 Å². The highest BCUT2D eigenvalue weighted by Crippen LogP contribution is 2.50. The monoisotopic (exact) mass is 440 g/mol. The minimum absolute atomic E-state index is 0.00765. The predicted molar refractivity (Wildman–Crippen MR) is 119 cm³/mol. The van der Waals surface area contributed by atoms with Gasteiger partial charge < -0.3 is 9.88 Å². The summed E-state index contributed by atoms with van der Waals surface area (Å²) in [5, 5.41) is 13.1. The second kappa shape index (κ2) is 8.05. The molecule has 0 radical (unpaired) electrons. The Morgan fingerprint density at radius 1 is 1.03 bits per heavy atom. The van der Waals surface area contributed by atoms with E-state index in [9.17, 15) is 4.79 Å². The lowest BCUT2D eigenvalue weighted by Gasteiger charge is -2.11. The lowest BCUT2D eigenvalue weighted by Crippen LogP contribution is -2.14. The van der Waals surface area contributed by atoms with E-state index in [1.54, 1.807) is 0 Å². The van der Waals surface area contributed by atoms with Gasteiger partial charge in [-0.15, -0.1) is 10.2 Å². The van der Waals surface area contributed by atoms with Crippen LogP contribution in [0.15, 0.2) is 42.5 Å². The summed E-state index contributed by atoms with van der Waals surface area (Å²) in [7, 11) is 0. The van der Waals surface area contributed by atoms with E-state index in [2.05, 4.69) is 20.1 Å². The molecule has 5 nitrogen and oxygen atoms in total. The van der Waals surface area contributed by atoms with Crippen LogP contribution in [0.25, 0.3) is 11.4 Å². The van der Waals surface area contributed by atoms with Gasteiger partial charge in [0.05, 0.1) is 5.02 Å². The molecule has 2 aliphatic rings. The lowest BCUT2D eigenvalue weighted by molar-refractivity contribution is -0.117.